The van der Waals surface area contributed by atoms with Crippen LogP contribution in [0.2, 0.25) is 0 Å². The zero-order chi connectivity index (χ0) is 13.2. The first-order valence-corrected chi connectivity index (χ1v) is 7.75. The Balaban J connectivity index is 2.11. The highest BCUT2D eigenvalue weighted by Gasteiger charge is 2.30. The molecule has 2 rings (SSSR count). The summed E-state index contributed by atoms with van der Waals surface area (Å²) in [5.74, 6) is 0.0628. The van der Waals surface area contributed by atoms with Crippen molar-refractivity contribution >= 4 is 10.0 Å². The van der Waals surface area contributed by atoms with Gasteiger partial charge in [0.2, 0.25) is 10.0 Å². The average Bonchev–Trinajstić information content (AvgIpc) is 2.28. The van der Waals surface area contributed by atoms with Crippen LogP contribution in [0.5, 0.6) is 0 Å². The SMILES string of the molecule is C[C@@H]1CN(S(=O)(=O)Cc2ccccc2)C[C@H](C)O1. The fourth-order valence-electron chi connectivity index (χ4n) is 2.23. The van der Waals surface area contributed by atoms with Crippen LogP contribution in [-0.2, 0) is 20.5 Å². The minimum absolute atomic E-state index is 0.0423. The van der Waals surface area contributed by atoms with Crippen molar-refractivity contribution in [1.29, 1.82) is 0 Å². The Morgan fingerprint density at radius 1 is 1.17 bits per heavy atom. The van der Waals surface area contributed by atoms with Gasteiger partial charge in [-0.15, -0.1) is 0 Å². The molecule has 1 heterocycles. The van der Waals surface area contributed by atoms with Crippen molar-refractivity contribution in [3.8, 4) is 0 Å². The molecule has 0 radical (unpaired) electrons. The second kappa shape index (κ2) is 5.38. The molecule has 1 aromatic rings. The number of rotatable bonds is 3. The summed E-state index contributed by atoms with van der Waals surface area (Å²) in [6.45, 7) is 4.69. The van der Waals surface area contributed by atoms with Crippen LogP contribution in [0.4, 0.5) is 0 Å². The van der Waals surface area contributed by atoms with E-state index in [0.29, 0.717) is 13.1 Å². The van der Waals surface area contributed by atoms with E-state index < -0.39 is 10.0 Å². The predicted molar refractivity (Wildman–Crippen MR) is 70.6 cm³/mol. The maximum absolute atomic E-state index is 12.3. The maximum atomic E-state index is 12.3. The molecule has 0 saturated carbocycles. The minimum atomic E-state index is -3.25. The molecule has 100 valence electrons. The van der Waals surface area contributed by atoms with Gasteiger partial charge in [-0.3, -0.25) is 0 Å². The second-order valence-electron chi connectivity index (χ2n) is 4.82. The van der Waals surface area contributed by atoms with Crippen LogP contribution in [0.1, 0.15) is 19.4 Å². The number of benzene rings is 1. The van der Waals surface area contributed by atoms with Gasteiger partial charge in [-0.1, -0.05) is 30.3 Å². The summed E-state index contributed by atoms with van der Waals surface area (Å²) in [4.78, 5) is 0. The van der Waals surface area contributed by atoms with E-state index in [2.05, 4.69) is 0 Å². The Morgan fingerprint density at radius 3 is 2.28 bits per heavy atom. The van der Waals surface area contributed by atoms with E-state index in [1.165, 1.54) is 0 Å². The summed E-state index contributed by atoms with van der Waals surface area (Å²) in [6, 6.07) is 9.27. The van der Waals surface area contributed by atoms with Crippen molar-refractivity contribution in [2.24, 2.45) is 0 Å². The van der Waals surface area contributed by atoms with Crippen LogP contribution in [0.15, 0.2) is 30.3 Å². The minimum Gasteiger partial charge on any atom is -0.373 e. The molecule has 2 atom stereocenters. The molecule has 1 aromatic carbocycles. The molecular formula is C13H19NO3S. The first-order valence-electron chi connectivity index (χ1n) is 6.14. The summed E-state index contributed by atoms with van der Waals surface area (Å²) in [5.41, 5.74) is 0.823. The van der Waals surface area contributed by atoms with Gasteiger partial charge >= 0.3 is 0 Å². The number of hydrogen-bond acceptors (Lipinski definition) is 3. The largest absolute Gasteiger partial charge is 0.373 e. The lowest BCUT2D eigenvalue weighted by Gasteiger charge is -2.34. The molecule has 1 aliphatic heterocycles. The summed E-state index contributed by atoms with van der Waals surface area (Å²) >= 11 is 0. The first-order chi connectivity index (χ1) is 8.47. The number of hydrogen-bond donors (Lipinski definition) is 0. The van der Waals surface area contributed by atoms with Crippen LogP contribution in [0.25, 0.3) is 0 Å². The quantitative estimate of drug-likeness (QED) is 0.838. The van der Waals surface area contributed by atoms with Gasteiger partial charge < -0.3 is 4.74 Å². The molecule has 18 heavy (non-hydrogen) atoms. The fraction of sp³-hybridized carbons (Fsp3) is 0.538. The number of sulfonamides is 1. The van der Waals surface area contributed by atoms with Crippen molar-refractivity contribution in [2.45, 2.75) is 31.8 Å². The molecule has 4 nitrogen and oxygen atoms in total. The third-order valence-electron chi connectivity index (χ3n) is 2.97. The van der Waals surface area contributed by atoms with E-state index in [-0.39, 0.29) is 18.0 Å². The highest BCUT2D eigenvalue weighted by Crippen LogP contribution is 2.17. The van der Waals surface area contributed by atoms with Crippen LogP contribution in [0.3, 0.4) is 0 Å². The highest BCUT2D eigenvalue weighted by molar-refractivity contribution is 7.88. The third kappa shape index (κ3) is 3.31. The molecule has 0 aliphatic carbocycles. The van der Waals surface area contributed by atoms with Crippen LogP contribution >= 0.6 is 0 Å². The normalized spacial score (nSPS) is 26.1. The van der Waals surface area contributed by atoms with Gasteiger partial charge in [0, 0.05) is 13.1 Å². The lowest BCUT2D eigenvalue weighted by Crippen LogP contribution is -2.48. The van der Waals surface area contributed by atoms with Crippen LogP contribution < -0.4 is 0 Å². The number of ether oxygens (including phenoxy) is 1. The van der Waals surface area contributed by atoms with E-state index in [4.69, 9.17) is 4.74 Å². The van der Waals surface area contributed by atoms with E-state index in [0.717, 1.165) is 5.56 Å². The molecule has 0 unspecified atom stereocenters. The molecule has 0 spiro atoms. The molecule has 5 heteroatoms. The van der Waals surface area contributed by atoms with E-state index >= 15 is 0 Å². The van der Waals surface area contributed by atoms with Gasteiger partial charge in [0.15, 0.2) is 0 Å². The van der Waals surface area contributed by atoms with Crippen molar-refractivity contribution < 1.29 is 13.2 Å². The Kier molecular flexibility index (Phi) is 4.04. The molecule has 1 fully saturated rings. The molecule has 0 aromatic heterocycles. The van der Waals surface area contributed by atoms with Gasteiger partial charge in [0.25, 0.3) is 0 Å². The topological polar surface area (TPSA) is 46.6 Å². The van der Waals surface area contributed by atoms with Gasteiger partial charge in [0.05, 0.1) is 18.0 Å². The maximum Gasteiger partial charge on any atom is 0.218 e. The standard InChI is InChI=1S/C13H19NO3S/c1-11-8-14(9-12(2)17-11)18(15,16)10-13-6-4-3-5-7-13/h3-7,11-12H,8-10H2,1-2H3/t11-,12+. The van der Waals surface area contributed by atoms with Crippen LogP contribution in [0, 0.1) is 0 Å². The number of morpholine rings is 1. The summed E-state index contributed by atoms with van der Waals surface area (Å²) in [7, 11) is -3.25. The van der Waals surface area contributed by atoms with Crippen molar-refractivity contribution in [3.63, 3.8) is 0 Å². The predicted octanol–water partition coefficient (Wildman–Crippen LogP) is 1.63. The van der Waals surface area contributed by atoms with Gasteiger partial charge in [-0.2, -0.15) is 4.31 Å². The van der Waals surface area contributed by atoms with Crippen LogP contribution in [-0.4, -0.2) is 38.0 Å². The van der Waals surface area contributed by atoms with Crippen molar-refractivity contribution in [1.82, 2.24) is 4.31 Å². The summed E-state index contributed by atoms with van der Waals surface area (Å²) < 4.78 is 31.7. The Morgan fingerprint density at radius 2 is 1.72 bits per heavy atom. The summed E-state index contributed by atoms with van der Waals surface area (Å²) in [6.07, 6.45) is -0.0846. The van der Waals surface area contributed by atoms with Gasteiger partial charge in [-0.25, -0.2) is 8.42 Å². The Labute approximate surface area is 109 Å². The molecule has 0 bridgehead atoms. The Bertz CT molecular complexity index is 476. The first kappa shape index (κ1) is 13.5. The lowest BCUT2D eigenvalue weighted by molar-refractivity contribution is -0.0441. The van der Waals surface area contributed by atoms with E-state index in [1.54, 1.807) is 4.31 Å². The average molecular weight is 269 g/mol. The third-order valence-corrected chi connectivity index (χ3v) is 4.75. The van der Waals surface area contributed by atoms with E-state index in [9.17, 15) is 8.42 Å². The molecular weight excluding hydrogens is 250 g/mol. The zero-order valence-electron chi connectivity index (χ0n) is 10.7. The smallest absolute Gasteiger partial charge is 0.218 e. The highest BCUT2D eigenvalue weighted by atomic mass is 32.2. The second-order valence-corrected chi connectivity index (χ2v) is 6.79. The van der Waals surface area contributed by atoms with Crippen molar-refractivity contribution in [3.05, 3.63) is 35.9 Å². The Hall–Kier alpha value is -0.910. The number of nitrogens with zero attached hydrogens (tertiary/aromatic N) is 1. The van der Waals surface area contributed by atoms with Gasteiger partial charge in [-0.05, 0) is 19.4 Å². The summed E-state index contributed by atoms with van der Waals surface area (Å²) in [5, 5.41) is 0. The lowest BCUT2D eigenvalue weighted by atomic mass is 10.2. The van der Waals surface area contributed by atoms with E-state index in [1.807, 2.05) is 44.2 Å². The van der Waals surface area contributed by atoms with Crippen molar-refractivity contribution in [2.75, 3.05) is 13.1 Å². The molecule has 1 saturated heterocycles. The van der Waals surface area contributed by atoms with Gasteiger partial charge in [0.1, 0.15) is 0 Å². The molecule has 0 N–H and O–H groups in total. The zero-order valence-corrected chi connectivity index (χ0v) is 11.6. The molecule has 1 aliphatic rings. The monoisotopic (exact) mass is 269 g/mol. The molecule has 0 amide bonds. The fourth-order valence-corrected chi connectivity index (χ4v) is 3.90.